The highest BCUT2D eigenvalue weighted by Gasteiger charge is 2.33. The molecule has 2 N–H and O–H groups in total. The zero-order valence-corrected chi connectivity index (χ0v) is 14.2. The van der Waals surface area contributed by atoms with E-state index in [1.165, 1.54) is 57.9 Å². The molecule has 0 aromatic carbocycles. The molecule has 2 aliphatic rings. The van der Waals surface area contributed by atoms with Gasteiger partial charge in [0.15, 0.2) is 0 Å². The van der Waals surface area contributed by atoms with Gasteiger partial charge in [-0.25, -0.2) is 0 Å². The molecule has 3 nitrogen and oxygen atoms in total. The smallest absolute Gasteiger partial charge is 0.0443 e. The Morgan fingerprint density at radius 1 is 1.19 bits per heavy atom. The quantitative estimate of drug-likeness (QED) is 0.686. The van der Waals surface area contributed by atoms with Crippen LogP contribution < -0.4 is 5.32 Å². The lowest BCUT2D eigenvalue weighted by Gasteiger charge is -2.43. The maximum absolute atomic E-state index is 9.16. The van der Waals surface area contributed by atoms with Crippen molar-refractivity contribution in [3.8, 4) is 0 Å². The van der Waals surface area contributed by atoms with Gasteiger partial charge in [0.05, 0.1) is 0 Å². The minimum Gasteiger partial charge on any atom is -0.396 e. The lowest BCUT2D eigenvalue weighted by molar-refractivity contribution is 0.0699. The molecule has 0 radical (unpaired) electrons. The van der Waals surface area contributed by atoms with Crippen molar-refractivity contribution in [2.45, 2.75) is 76.8 Å². The third kappa shape index (κ3) is 4.94. The topological polar surface area (TPSA) is 35.5 Å². The van der Waals surface area contributed by atoms with E-state index in [0.717, 1.165) is 30.8 Å². The SMILES string of the molecule is CCCC1CCC(NC)C(CN(CCCO)C2CCC2)C1. The van der Waals surface area contributed by atoms with E-state index in [9.17, 15) is 0 Å². The van der Waals surface area contributed by atoms with E-state index in [1.807, 2.05) is 0 Å². The first-order chi connectivity index (χ1) is 10.3. The minimum absolute atomic E-state index is 0.335. The lowest BCUT2D eigenvalue weighted by Crippen LogP contribution is -2.49. The predicted molar refractivity (Wildman–Crippen MR) is 89.5 cm³/mol. The summed E-state index contributed by atoms with van der Waals surface area (Å²) in [6, 6.07) is 1.51. The van der Waals surface area contributed by atoms with Crippen LogP contribution in [0.25, 0.3) is 0 Å². The molecule has 3 heteroatoms. The molecule has 0 heterocycles. The van der Waals surface area contributed by atoms with Gasteiger partial charge in [-0.3, -0.25) is 4.90 Å². The summed E-state index contributed by atoms with van der Waals surface area (Å²) in [5.74, 6) is 1.75. The zero-order chi connectivity index (χ0) is 15.1. The molecule has 3 unspecified atom stereocenters. The van der Waals surface area contributed by atoms with Crippen molar-refractivity contribution in [1.29, 1.82) is 0 Å². The van der Waals surface area contributed by atoms with E-state index in [0.29, 0.717) is 12.6 Å². The number of aliphatic hydroxyl groups excluding tert-OH is 1. The van der Waals surface area contributed by atoms with Gasteiger partial charge in [0, 0.05) is 31.8 Å². The van der Waals surface area contributed by atoms with Crippen molar-refractivity contribution >= 4 is 0 Å². The standard InChI is InChI=1S/C18H36N2O/c1-3-6-15-9-10-18(19-2)16(13-15)14-20(11-5-12-21)17-7-4-8-17/h15-19,21H,3-14H2,1-2H3. The monoisotopic (exact) mass is 296 g/mol. The highest BCUT2D eigenvalue weighted by atomic mass is 16.3. The summed E-state index contributed by atoms with van der Waals surface area (Å²) in [5.41, 5.74) is 0. The van der Waals surface area contributed by atoms with Crippen molar-refractivity contribution in [1.82, 2.24) is 10.2 Å². The van der Waals surface area contributed by atoms with Crippen LogP contribution in [0.2, 0.25) is 0 Å². The number of nitrogens with zero attached hydrogens (tertiary/aromatic N) is 1. The summed E-state index contributed by atoms with van der Waals surface area (Å²) in [4.78, 5) is 2.70. The van der Waals surface area contributed by atoms with Crippen molar-refractivity contribution in [2.75, 3.05) is 26.7 Å². The molecular weight excluding hydrogens is 260 g/mol. The number of nitrogens with one attached hydrogen (secondary N) is 1. The van der Waals surface area contributed by atoms with Gasteiger partial charge in [-0.2, -0.15) is 0 Å². The Kier molecular flexibility index (Phi) is 7.48. The molecule has 2 fully saturated rings. The molecule has 2 saturated carbocycles. The number of hydrogen-bond donors (Lipinski definition) is 2. The molecular formula is C18H36N2O. The van der Waals surface area contributed by atoms with E-state index in [1.54, 1.807) is 0 Å². The van der Waals surface area contributed by atoms with E-state index in [-0.39, 0.29) is 0 Å². The fourth-order valence-electron chi connectivity index (χ4n) is 4.36. The van der Waals surface area contributed by atoms with Crippen LogP contribution in [-0.2, 0) is 0 Å². The third-order valence-corrected chi connectivity index (χ3v) is 5.82. The fraction of sp³-hybridized carbons (Fsp3) is 1.00. The lowest BCUT2D eigenvalue weighted by atomic mass is 9.75. The van der Waals surface area contributed by atoms with Gasteiger partial charge in [-0.1, -0.05) is 26.2 Å². The number of rotatable bonds is 9. The van der Waals surface area contributed by atoms with Gasteiger partial charge < -0.3 is 10.4 Å². The second-order valence-corrected chi connectivity index (χ2v) is 7.28. The van der Waals surface area contributed by atoms with E-state index < -0.39 is 0 Å². The molecule has 2 rings (SSSR count). The summed E-state index contributed by atoms with van der Waals surface area (Å²) in [7, 11) is 2.14. The summed E-state index contributed by atoms with van der Waals surface area (Å²) < 4.78 is 0. The Morgan fingerprint density at radius 2 is 2.00 bits per heavy atom. The summed E-state index contributed by atoms with van der Waals surface area (Å²) in [5, 5.41) is 12.7. The summed E-state index contributed by atoms with van der Waals surface area (Å²) in [6.07, 6.45) is 12.0. The van der Waals surface area contributed by atoms with Crippen molar-refractivity contribution < 1.29 is 5.11 Å². The van der Waals surface area contributed by atoms with Crippen LogP contribution in [0.1, 0.15) is 64.7 Å². The van der Waals surface area contributed by atoms with Gasteiger partial charge in [0.2, 0.25) is 0 Å². The van der Waals surface area contributed by atoms with Crippen LogP contribution in [0.4, 0.5) is 0 Å². The van der Waals surface area contributed by atoms with Crippen LogP contribution in [0.15, 0.2) is 0 Å². The molecule has 2 aliphatic carbocycles. The largest absolute Gasteiger partial charge is 0.396 e. The van der Waals surface area contributed by atoms with Crippen LogP contribution in [0, 0.1) is 11.8 Å². The molecule has 0 saturated heterocycles. The highest BCUT2D eigenvalue weighted by Crippen LogP contribution is 2.34. The molecule has 0 aromatic rings. The predicted octanol–water partition coefficient (Wildman–Crippen LogP) is 3.03. The Bertz CT molecular complexity index is 280. The molecule has 0 amide bonds. The van der Waals surface area contributed by atoms with Crippen molar-refractivity contribution in [2.24, 2.45) is 11.8 Å². The zero-order valence-electron chi connectivity index (χ0n) is 14.2. The molecule has 124 valence electrons. The first-order valence-electron chi connectivity index (χ1n) is 9.30. The van der Waals surface area contributed by atoms with E-state index >= 15 is 0 Å². The normalized spacial score (nSPS) is 30.6. The maximum atomic E-state index is 9.16. The molecule has 0 bridgehead atoms. The fourth-order valence-corrected chi connectivity index (χ4v) is 4.36. The molecule has 0 aromatic heterocycles. The average Bonchev–Trinajstić information content (AvgIpc) is 2.43. The first-order valence-corrected chi connectivity index (χ1v) is 9.30. The van der Waals surface area contributed by atoms with Gasteiger partial charge in [0.1, 0.15) is 0 Å². The Hall–Kier alpha value is -0.120. The van der Waals surface area contributed by atoms with Gasteiger partial charge in [-0.05, 0) is 57.4 Å². The Balaban J connectivity index is 1.90. The molecule has 21 heavy (non-hydrogen) atoms. The maximum Gasteiger partial charge on any atom is 0.0443 e. The minimum atomic E-state index is 0.335. The summed E-state index contributed by atoms with van der Waals surface area (Å²) >= 11 is 0. The Labute approximate surface area is 131 Å². The average molecular weight is 296 g/mol. The van der Waals surface area contributed by atoms with E-state index in [2.05, 4.69) is 24.2 Å². The summed E-state index contributed by atoms with van der Waals surface area (Å²) in [6.45, 7) is 4.99. The van der Waals surface area contributed by atoms with E-state index in [4.69, 9.17) is 5.11 Å². The highest BCUT2D eigenvalue weighted by molar-refractivity contribution is 4.89. The van der Waals surface area contributed by atoms with Gasteiger partial charge in [0.25, 0.3) is 0 Å². The van der Waals surface area contributed by atoms with Crippen LogP contribution in [0.5, 0.6) is 0 Å². The molecule has 0 spiro atoms. The molecule has 0 aliphatic heterocycles. The van der Waals surface area contributed by atoms with Gasteiger partial charge in [-0.15, -0.1) is 0 Å². The van der Waals surface area contributed by atoms with Crippen molar-refractivity contribution in [3.63, 3.8) is 0 Å². The van der Waals surface area contributed by atoms with Crippen LogP contribution in [0.3, 0.4) is 0 Å². The third-order valence-electron chi connectivity index (χ3n) is 5.82. The number of aliphatic hydroxyl groups is 1. The van der Waals surface area contributed by atoms with Crippen molar-refractivity contribution in [3.05, 3.63) is 0 Å². The van der Waals surface area contributed by atoms with Gasteiger partial charge >= 0.3 is 0 Å². The second-order valence-electron chi connectivity index (χ2n) is 7.28. The number of hydrogen-bond acceptors (Lipinski definition) is 3. The Morgan fingerprint density at radius 3 is 2.57 bits per heavy atom. The first kappa shape index (κ1) is 17.2. The second kappa shape index (κ2) is 9.12. The molecule has 3 atom stereocenters. The van der Waals surface area contributed by atoms with Crippen LogP contribution >= 0.6 is 0 Å². The van der Waals surface area contributed by atoms with Crippen LogP contribution in [-0.4, -0.2) is 48.8 Å².